The van der Waals surface area contributed by atoms with Gasteiger partial charge in [0.15, 0.2) is 0 Å². The van der Waals surface area contributed by atoms with Crippen LogP contribution in [-0.4, -0.2) is 103 Å². The van der Waals surface area contributed by atoms with Crippen LogP contribution in [0.5, 0.6) is 0 Å². The molecule has 1 aromatic carbocycles. The summed E-state index contributed by atoms with van der Waals surface area (Å²) < 4.78 is 23.2. The first-order valence-corrected chi connectivity index (χ1v) is 29.0. The van der Waals surface area contributed by atoms with Crippen molar-refractivity contribution in [3.8, 4) is 0 Å². The maximum atomic E-state index is 14.3. The highest BCUT2D eigenvalue weighted by Crippen LogP contribution is 2.56. The molecule has 0 radical (unpaired) electrons. The van der Waals surface area contributed by atoms with Gasteiger partial charge in [-0.25, -0.2) is 14.4 Å². The summed E-state index contributed by atoms with van der Waals surface area (Å²) in [6.45, 7) is 0.479. The van der Waals surface area contributed by atoms with Crippen molar-refractivity contribution in [2.45, 2.75) is 210 Å². The molecule has 19 nitrogen and oxygen atoms in total. The lowest BCUT2D eigenvalue weighted by atomic mass is 9.55. The average molecular weight is 1060 g/mol. The van der Waals surface area contributed by atoms with Crippen LogP contribution in [0.2, 0.25) is 0 Å². The third-order valence-corrected chi connectivity index (χ3v) is 17.8. The van der Waals surface area contributed by atoms with E-state index in [4.69, 9.17) is 30.4 Å². The van der Waals surface area contributed by atoms with Crippen LogP contribution >= 0.6 is 0 Å². The maximum Gasteiger partial charge on any atom is 0.407 e. The Morgan fingerprint density at radius 3 is 1.51 bits per heavy atom. The van der Waals surface area contributed by atoms with Crippen LogP contribution in [0.3, 0.4) is 0 Å². The van der Waals surface area contributed by atoms with E-state index in [1.807, 2.05) is 18.2 Å². The van der Waals surface area contributed by atoms with Gasteiger partial charge in [0.25, 0.3) is 0 Å². The van der Waals surface area contributed by atoms with Crippen molar-refractivity contribution in [2.24, 2.45) is 58.8 Å². The summed E-state index contributed by atoms with van der Waals surface area (Å²) >= 11 is 0. The van der Waals surface area contributed by atoms with Gasteiger partial charge in [-0.2, -0.15) is 0 Å². The summed E-state index contributed by atoms with van der Waals surface area (Å²) in [7, 11) is 0. The molecule has 9 saturated carbocycles. The predicted molar refractivity (Wildman–Crippen MR) is 279 cm³/mol. The fourth-order valence-corrected chi connectivity index (χ4v) is 14.4. The van der Waals surface area contributed by atoms with Gasteiger partial charge in [-0.1, -0.05) is 36.8 Å². The van der Waals surface area contributed by atoms with E-state index in [0.717, 1.165) is 113 Å². The largest absolute Gasteiger partial charge is 0.462 e. The second kappa shape index (κ2) is 27.7. The molecule has 19 heteroatoms. The Hall–Kier alpha value is -5.46. The van der Waals surface area contributed by atoms with E-state index in [9.17, 15) is 38.4 Å². The number of ether oxygens (including phenoxy) is 4. The van der Waals surface area contributed by atoms with Crippen molar-refractivity contribution in [3.05, 3.63) is 35.9 Å². The number of hydrogen-bond acceptors (Lipinski definition) is 13. The predicted octanol–water partition coefficient (Wildman–Crippen LogP) is 5.88. The van der Waals surface area contributed by atoms with Gasteiger partial charge < -0.3 is 57.0 Å². The number of nitrogens with one attached hydrogen (secondary N) is 5. The highest BCUT2D eigenvalue weighted by Gasteiger charge is 2.51. The zero-order chi connectivity index (χ0) is 53.6. The van der Waals surface area contributed by atoms with Crippen LogP contribution in [0, 0.1) is 47.3 Å². The van der Waals surface area contributed by atoms with E-state index < -0.39 is 71.9 Å². The summed E-state index contributed by atoms with van der Waals surface area (Å²) in [6.07, 6.45) is 16.2. The Balaban J connectivity index is 0.859. The van der Waals surface area contributed by atoms with Gasteiger partial charge >= 0.3 is 24.1 Å². The van der Waals surface area contributed by atoms with Crippen molar-refractivity contribution < 1.29 is 57.3 Å². The normalized spacial score (nSPS) is 28.4. The van der Waals surface area contributed by atoms with Crippen molar-refractivity contribution in [3.63, 3.8) is 0 Å². The van der Waals surface area contributed by atoms with Gasteiger partial charge in [0.2, 0.25) is 23.6 Å². The fourth-order valence-electron chi connectivity index (χ4n) is 14.4. The average Bonchev–Trinajstić information content (AvgIpc) is 3.43. The smallest absolute Gasteiger partial charge is 0.407 e. The second-order valence-electron chi connectivity index (χ2n) is 23.6. The van der Waals surface area contributed by atoms with Crippen LogP contribution < -0.4 is 38.1 Å². The van der Waals surface area contributed by atoms with Gasteiger partial charge in [0, 0.05) is 25.9 Å². The summed E-state index contributed by atoms with van der Waals surface area (Å²) in [6, 6.07) is 4.09. The minimum atomic E-state index is -1.38. The SMILES string of the molecule is NC(=O)CC[C@H](NC(=O)[C@H](CCCCNC(=O)OC1C2CC3CC(C2)CC1C3)NC(=O)[C@@H](N)CCC(=O)OC1CCCCC1)C(=O)N[C@@H](CCCCNC(=O)OC1C2CC3CC(C2)CC1C3)C(=O)OCc1ccccc1. The molecule has 0 heterocycles. The molecule has 0 unspecified atom stereocenters. The number of carbonyl (C=O) groups excluding carboxylic acids is 8. The summed E-state index contributed by atoms with van der Waals surface area (Å²) in [4.78, 5) is 107. The molecule has 0 saturated heterocycles. The highest BCUT2D eigenvalue weighted by atomic mass is 16.6. The second-order valence-corrected chi connectivity index (χ2v) is 23.6. The number of esters is 2. The lowest BCUT2D eigenvalue weighted by Crippen LogP contribution is -2.57. The van der Waals surface area contributed by atoms with Gasteiger partial charge in [-0.05, 0) is 194 Å². The standard InChI is InChI=1S/C57H85N7O12/c58-44(17-20-49(66)74-43-13-5-2-6-14-43)52(67)62-45(15-7-9-21-60-56(71)75-50-39-25-35-23-36(27-39)28-40(50)26-35)53(68)63-46(18-19-48(59)65)54(69)64-47(55(70)73-33-34-11-3-1-4-12-34)16-8-10-22-61-57(72)76-51-41-29-37-24-38(31-41)32-42(51)30-37/h1,3-4,11-12,35-47,50-51H,2,5-10,13-33,58H2,(H2,59,65)(H,60,71)(H,61,72)(H,62,67)(H,63,68)(H,64,69)/t35?,36?,37?,38?,39?,40?,41?,42?,44-,45-,46-,47-,50?,51?/m0/s1. The Labute approximate surface area is 447 Å². The van der Waals surface area contributed by atoms with Gasteiger partial charge in [-0.15, -0.1) is 0 Å². The van der Waals surface area contributed by atoms with E-state index in [1.54, 1.807) is 12.1 Å². The van der Waals surface area contributed by atoms with Crippen molar-refractivity contribution in [1.29, 1.82) is 0 Å². The molecule has 8 bridgehead atoms. The van der Waals surface area contributed by atoms with Crippen molar-refractivity contribution in [2.75, 3.05) is 13.1 Å². The van der Waals surface area contributed by atoms with Crippen molar-refractivity contribution in [1.82, 2.24) is 26.6 Å². The van der Waals surface area contributed by atoms with Crippen LogP contribution in [0.15, 0.2) is 30.3 Å². The maximum absolute atomic E-state index is 14.3. The molecule has 9 fully saturated rings. The number of carbonyl (C=O) groups is 8. The molecule has 9 N–H and O–H groups in total. The molecule has 9 aliphatic carbocycles. The highest BCUT2D eigenvalue weighted by molar-refractivity contribution is 5.94. The number of benzene rings is 1. The molecule has 0 spiro atoms. The number of nitrogens with two attached hydrogens (primary N) is 2. The number of hydrogen-bond donors (Lipinski definition) is 7. The zero-order valence-electron chi connectivity index (χ0n) is 44.4. The van der Waals surface area contributed by atoms with E-state index in [1.165, 1.54) is 12.8 Å². The lowest BCUT2D eigenvalue weighted by Gasteiger charge is -2.53. The first-order chi connectivity index (χ1) is 36.7. The first-order valence-electron chi connectivity index (χ1n) is 29.0. The van der Waals surface area contributed by atoms with Gasteiger partial charge in [0.05, 0.1) is 6.04 Å². The molecule has 0 aromatic heterocycles. The molecular weight excluding hydrogens is 975 g/mol. The monoisotopic (exact) mass is 1060 g/mol. The van der Waals surface area contributed by atoms with Gasteiger partial charge in [0.1, 0.15) is 43.0 Å². The Morgan fingerprint density at radius 2 is 1.00 bits per heavy atom. The Bertz CT molecular complexity index is 2100. The Morgan fingerprint density at radius 1 is 0.526 bits per heavy atom. The molecular formula is C57H85N7O12. The fraction of sp³-hybridized carbons (Fsp3) is 0.754. The number of primary amides is 1. The molecule has 4 atom stereocenters. The summed E-state index contributed by atoms with van der Waals surface area (Å²) in [5.74, 6) is 0.523. The zero-order valence-corrected chi connectivity index (χ0v) is 44.4. The first kappa shape index (κ1) is 56.7. The van der Waals surface area contributed by atoms with E-state index >= 15 is 0 Å². The quantitative estimate of drug-likeness (QED) is 0.0294. The number of amides is 6. The summed E-state index contributed by atoms with van der Waals surface area (Å²) in [5.41, 5.74) is 12.6. The Kier molecular flexibility index (Phi) is 20.7. The van der Waals surface area contributed by atoms with Crippen LogP contribution in [-0.2, 0) is 54.3 Å². The molecule has 420 valence electrons. The van der Waals surface area contributed by atoms with Gasteiger partial charge in [-0.3, -0.25) is 24.0 Å². The van der Waals surface area contributed by atoms with Crippen LogP contribution in [0.4, 0.5) is 9.59 Å². The number of unbranched alkanes of at least 4 members (excludes halogenated alkanes) is 2. The molecule has 0 aliphatic heterocycles. The van der Waals surface area contributed by atoms with E-state index in [-0.39, 0.29) is 76.5 Å². The summed E-state index contributed by atoms with van der Waals surface area (Å²) in [5, 5.41) is 13.9. The molecule has 1 aromatic rings. The third kappa shape index (κ3) is 16.5. The molecule has 10 rings (SSSR count). The lowest BCUT2D eigenvalue weighted by molar-refractivity contribution is -0.151. The molecule has 6 amide bonds. The third-order valence-electron chi connectivity index (χ3n) is 17.8. The van der Waals surface area contributed by atoms with E-state index in [2.05, 4.69) is 26.6 Å². The molecule has 76 heavy (non-hydrogen) atoms. The van der Waals surface area contributed by atoms with E-state index in [0.29, 0.717) is 49.4 Å². The van der Waals surface area contributed by atoms with Crippen molar-refractivity contribution >= 4 is 47.8 Å². The van der Waals surface area contributed by atoms with Crippen LogP contribution in [0.25, 0.3) is 0 Å². The number of rotatable bonds is 28. The van der Waals surface area contributed by atoms with Crippen LogP contribution in [0.1, 0.15) is 166 Å². The molecule has 9 aliphatic rings. The number of alkyl carbamates (subject to hydrolysis) is 2. The minimum absolute atomic E-state index is 0.0324. The topological polar surface area (TPSA) is 286 Å². The minimum Gasteiger partial charge on any atom is -0.462 e.